The van der Waals surface area contributed by atoms with Gasteiger partial charge in [0.2, 0.25) is 5.69 Å². The highest BCUT2D eigenvalue weighted by atomic mass is 16.6. The summed E-state index contributed by atoms with van der Waals surface area (Å²) in [6.45, 7) is 0. The van der Waals surface area contributed by atoms with Crippen LogP contribution in [-0.2, 0) is 0 Å². The van der Waals surface area contributed by atoms with Crippen molar-refractivity contribution >= 4 is 39.8 Å². The number of hydrogen-bond acceptors (Lipinski definition) is 10. The Kier molecular flexibility index (Phi) is 6.88. The zero-order chi connectivity index (χ0) is 26.5. The van der Waals surface area contributed by atoms with Gasteiger partial charge in [-0.1, -0.05) is 54.6 Å². The van der Waals surface area contributed by atoms with Crippen molar-refractivity contribution in [1.29, 1.82) is 0 Å². The molecule has 13 heteroatoms. The molecule has 0 aromatic heterocycles. The Morgan fingerprint density at radius 1 is 0.568 bits per heavy atom. The van der Waals surface area contributed by atoms with Gasteiger partial charge in [0.15, 0.2) is 0 Å². The van der Waals surface area contributed by atoms with Crippen LogP contribution in [0.25, 0.3) is 0 Å². The Bertz CT molecular complexity index is 1360. The highest BCUT2D eigenvalue weighted by molar-refractivity contribution is 5.84. The number of nitrogens with two attached hydrogens (primary N) is 1. The lowest BCUT2D eigenvalue weighted by Gasteiger charge is -2.42. The molecule has 0 atom stereocenters. The van der Waals surface area contributed by atoms with Crippen molar-refractivity contribution < 1.29 is 14.8 Å². The summed E-state index contributed by atoms with van der Waals surface area (Å²) in [5.74, 6) is 6.52. The first-order valence-electron chi connectivity index (χ1n) is 10.7. The Balaban J connectivity index is 2.12. The molecule has 4 rings (SSSR count). The molecular weight excluding hydrogens is 482 g/mol. The van der Waals surface area contributed by atoms with E-state index in [2.05, 4.69) is 0 Å². The molecule has 4 aromatic carbocycles. The molecule has 0 spiro atoms. The number of benzene rings is 4. The second-order valence-electron chi connectivity index (χ2n) is 7.56. The summed E-state index contributed by atoms with van der Waals surface area (Å²) in [6.07, 6.45) is 0. The number of nitro groups is 3. The maximum absolute atomic E-state index is 12.2. The van der Waals surface area contributed by atoms with E-state index in [-0.39, 0.29) is 0 Å². The van der Waals surface area contributed by atoms with Crippen molar-refractivity contribution in [3.8, 4) is 0 Å². The van der Waals surface area contributed by atoms with E-state index in [1.165, 1.54) is 5.01 Å². The van der Waals surface area contributed by atoms with Crippen molar-refractivity contribution in [2.24, 2.45) is 5.84 Å². The van der Waals surface area contributed by atoms with Gasteiger partial charge in [-0.2, -0.15) is 10.2 Å². The largest absolute Gasteiger partial charge is 0.310 e. The lowest BCUT2D eigenvalue weighted by molar-refractivity contribution is -0.402. The van der Waals surface area contributed by atoms with Gasteiger partial charge < -0.3 is 0 Å². The van der Waals surface area contributed by atoms with E-state index in [1.54, 1.807) is 91.0 Å². The maximum atomic E-state index is 12.2. The predicted molar refractivity (Wildman–Crippen MR) is 137 cm³/mol. The molecule has 0 aliphatic heterocycles. The molecule has 13 nitrogen and oxygen atoms in total. The van der Waals surface area contributed by atoms with Crippen LogP contribution in [0, 0.1) is 30.3 Å². The van der Waals surface area contributed by atoms with Crippen LogP contribution in [-0.4, -0.2) is 14.8 Å². The number of anilines is 4. The molecule has 0 amide bonds. The first kappa shape index (κ1) is 24.6. The van der Waals surface area contributed by atoms with Crippen molar-refractivity contribution in [2.75, 3.05) is 15.2 Å². The van der Waals surface area contributed by atoms with E-state index in [4.69, 9.17) is 5.84 Å². The predicted octanol–water partition coefficient (Wildman–Crippen LogP) is 5.27. The molecule has 0 aliphatic carbocycles. The number of hydrogen-bond donors (Lipinski definition) is 1. The third-order valence-corrected chi connectivity index (χ3v) is 5.27. The van der Waals surface area contributed by atoms with Gasteiger partial charge in [-0.25, -0.2) is 10.9 Å². The Hall–Kier alpha value is -5.56. The van der Waals surface area contributed by atoms with Crippen LogP contribution in [0.4, 0.5) is 39.8 Å². The van der Waals surface area contributed by atoms with Crippen LogP contribution >= 0.6 is 0 Å². The Morgan fingerprint density at radius 3 is 1.30 bits per heavy atom. The third kappa shape index (κ3) is 4.96. The van der Waals surface area contributed by atoms with E-state index in [1.807, 2.05) is 0 Å². The zero-order valence-corrected chi connectivity index (χ0v) is 19.0. The van der Waals surface area contributed by atoms with Crippen LogP contribution < -0.4 is 21.1 Å². The lowest BCUT2D eigenvalue weighted by atomic mass is 10.2. The molecule has 0 fully saturated rings. The molecule has 2 N–H and O–H groups in total. The molecule has 0 unspecified atom stereocenters. The number of rotatable bonds is 9. The monoisotopic (exact) mass is 501 g/mol. The number of non-ortho nitro benzene ring substituents is 1. The van der Waals surface area contributed by atoms with Crippen molar-refractivity contribution in [3.05, 3.63) is 133 Å². The first-order valence-corrected chi connectivity index (χ1v) is 10.7. The number of nitrogens with zero attached hydrogens (tertiary/aromatic N) is 6. The van der Waals surface area contributed by atoms with Gasteiger partial charge in [0, 0.05) is 0 Å². The minimum absolute atomic E-state index is 0.321. The van der Waals surface area contributed by atoms with Crippen molar-refractivity contribution in [2.45, 2.75) is 0 Å². The fraction of sp³-hybridized carbons (Fsp3) is 0. The number of hydrazine groups is 3. The summed E-state index contributed by atoms with van der Waals surface area (Å²) >= 11 is 0. The number of nitro benzene ring substituents is 3. The van der Waals surface area contributed by atoms with Gasteiger partial charge >= 0.3 is 11.4 Å². The van der Waals surface area contributed by atoms with Gasteiger partial charge in [0.25, 0.3) is 5.69 Å². The van der Waals surface area contributed by atoms with Gasteiger partial charge in [-0.3, -0.25) is 30.3 Å². The average molecular weight is 501 g/mol. The molecule has 0 aliphatic rings. The van der Waals surface area contributed by atoms with Crippen LogP contribution in [0.3, 0.4) is 0 Å². The standard InChI is InChI=1S/C24H19N7O6/c25-27(20-14-8-3-9-15-20)28(26(18-10-4-1-5-11-18)19-12-6-2-7-13-19)24-22(30(34)35)16-21(29(32)33)17-23(24)31(36)37/h1-17H,25H2. The van der Waals surface area contributed by atoms with Gasteiger partial charge in [0.1, 0.15) is 0 Å². The van der Waals surface area contributed by atoms with E-state index < -0.39 is 37.5 Å². The van der Waals surface area contributed by atoms with Crippen molar-refractivity contribution in [3.63, 3.8) is 0 Å². The van der Waals surface area contributed by atoms with Gasteiger partial charge in [0.05, 0.1) is 44.0 Å². The van der Waals surface area contributed by atoms with Crippen LogP contribution in [0.15, 0.2) is 103 Å². The lowest BCUT2D eigenvalue weighted by Crippen LogP contribution is -2.56. The van der Waals surface area contributed by atoms with E-state index in [9.17, 15) is 30.3 Å². The molecule has 0 radical (unpaired) electrons. The van der Waals surface area contributed by atoms with Gasteiger partial charge in [-0.15, -0.1) is 0 Å². The van der Waals surface area contributed by atoms with E-state index >= 15 is 0 Å². The van der Waals surface area contributed by atoms with Gasteiger partial charge in [-0.05, 0) is 36.4 Å². The second kappa shape index (κ2) is 10.4. The molecule has 0 saturated carbocycles. The highest BCUT2D eigenvalue weighted by Gasteiger charge is 2.40. The summed E-state index contributed by atoms with van der Waals surface area (Å²) < 4.78 is 0. The Morgan fingerprint density at radius 2 is 0.946 bits per heavy atom. The normalized spacial score (nSPS) is 10.4. The van der Waals surface area contributed by atoms with Crippen molar-refractivity contribution in [1.82, 2.24) is 0 Å². The van der Waals surface area contributed by atoms with Crippen LogP contribution in [0.1, 0.15) is 0 Å². The van der Waals surface area contributed by atoms with Crippen LogP contribution in [0.5, 0.6) is 0 Å². The highest BCUT2D eigenvalue weighted by Crippen LogP contribution is 2.45. The molecule has 0 heterocycles. The minimum Gasteiger partial charge on any atom is -0.258 e. The molecular formula is C24H19N7O6. The summed E-state index contributed by atoms with van der Waals surface area (Å²) in [4.78, 5) is 33.1. The SMILES string of the molecule is NN(c1ccccc1)N(c1c([N+](=O)[O-])cc([N+](=O)[O-])cc1[N+](=O)[O-])N(c1ccccc1)c1ccccc1. The van der Waals surface area contributed by atoms with E-state index in [0.717, 1.165) is 10.2 Å². The molecule has 37 heavy (non-hydrogen) atoms. The van der Waals surface area contributed by atoms with E-state index in [0.29, 0.717) is 29.2 Å². The second-order valence-corrected chi connectivity index (χ2v) is 7.56. The topological polar surface area (TPSA) is 165 Å². The minimum atomic E-state index is -0.933. The van der Waals surface area contributed by atoms with Crippen LogP contribution in [0.2, 0.25) is 0 Å². The quantitative estimate of drug-likeness (QED) is 0.181. The maximum Gasteiger partial charge on any atom is 0.310 e. The zero-order valence-electron chi connectivity index (χ0n) is 19.0. The summed E-state index contributed by atoms with van der Waals surface area (Å²) in [5.41, 5.74) is -1.95. The fourth-order valence-electron chi connectivity index (χ4n) is 3.68. The smallest absolute Gasteiger partial charge is 0.258 e. The Labute approximate surface area is 209 Å². The molecule has 0 bridgehead atoms. The third-order valence-electron chi connectivity index (χ3n) is 5.27. The number of para-hydroxylation sites is 3. The average Bonchev–Trinajstić information content (AvgIpc) is 2.92. The first-order chi connectivity index (χ1) is 17.8. The summed E-state index contributed by atoms with van der Waals surface area (Å²) in [7, 11) is 0. The molecule has 0 saturated heterocycles. The summed E-state index contributed by atoms with van der Waals surface area (Å²) in [5, 5.41) is 39.3. The molecule has 4 aromatic rings. The molecule has 186 valence electrons. The fourth-order valence-corrected chi connectivity index (χ4v) is 3.68. The summed E-state index contributed by atoms with van der Waals surface area (Å²) in [6, 6.07) is 26.7.